The van der Waals surface area contributed by atoms with Gasteiger partial charge in [-0.15, -0.1) is 18.2 Å². The smallest absolute Gasteiger partial charge is 0 e. The topological polar surface area (TPSA) is 43.9 Å². The van der Waals surface area contributed by atoms with Crippen LogP contribution in [0, 0.1) is 12.1 Å². The molecule has 1 aliphatic carbocycles. The van der Waals surface area contributed by atoms with E-state index in [4.69, 9.17) is 14.4 Å². The van der Waals surface area contributed by atoms with Crippen LogP contribution in [-0.4, -0.2) is 27.8 Å². The molecule has 11 rings (SSSR count). The molecule has 0 aliphatic heterocycles. The minimum atomic E-state index is -1.89. The Bertz CT molecular complexity index is 3330. The maximum absolute atomic E-state index is 6.73. The van der Waals surface area contributed by atoms with Crippen LogP contribution < -0.4 is 4.40 Å². The standard InChI is InChI=1S/C43H35N2O.C20H26GeN.Ir/c1-27(2)36-24-32(30-16-9-6-10-17-30)25-37(28(3)4)41(36)45-39-21-12-11-20-38(39)44-43(45)35-19-13-18-34-33-23-22-31(26-40(33)46-42(34)35)29-14-7-5-8-15-29;1-21(2,3)19-15-22-20(17-12-8-5-9-13-17)14-18(19)16-10-6-4-7-11-16;/h5-18,20-28H,1-4H3;5,8-9,12,14-16H,4,6-7,10-11H2,1-3H3;/q2*-1;. The SMILES string of the molecule is CC(C)c1cc(-c2ccccc2)cc(C(C)C)c1-n1c(-c2[c-]ccc3c2oc2cc(-c4ccccc4)ccc23)nc2ccccc21.[CH3][Ge]([CH3])([CH3])[c]1cnc(-c2[c-]cccc2)cc1C1CCCCC1.[Ir]. The van der Waals surface area contributed by atoms with E-state index in [9.17, 15) is 0 Å². The van der Waals surface area contributed by atoms with E-state index in [1.54, 1.807) is 9.96 Å². The number of nitrogens with zero attached hydrogens (tertiary/aromatic N) is 3. The molecular formula is C63H61GeIrN3O-2. The minimum absolute atomic E-state index is 0. The first-order valence-electron chi connectivity index (χ1n) is 24.6. The fraction of sp³-hybridized carbons (Fsp3) is 0.238. The zero-order chi connectivity index (χ0) is 46.9. The van der Waals surface area contributed by atoms with Gasteiger partial charge in [-0.25, -0.2) is 0 Å². The Balaban J connectivity index is 0.000000217. The number of aromatic nitrogens is 3. The molecule has 69 heavy (non-hydrogen) atoms. The molecule has 0 bridgehead atoms. The summed E-state index contributed by atoms with van der Waals surface area (Å²) in [4.78, 5) is 10.1. The fourth-order valence-corrected chi connectivity index (χ4v) is 13.6. The van der Waals surface area contributed by atoms with Gasteiger partial charge in [0.2, 0.25) is 0 Å². The van der Waals surface area contributed by atoms with Crippen molar-refractivity contribution in [1.82, 2.24) is 14.5 Å². The van der Waals surface area contributed by atoms with Crippen LogP contribution in [0.15, 0.2) is 168 Å². The van der Waals surface area contributed by atoms with Crippen LogP contribution in [0.1, 0.15) is 94.2 Å². The predicted molar refractivity (Wildman–Crippen MR) is 289 cm³/mol. The molecule has 1 radical (unpaired) electrons. The number of hydrogen-bond acceptors (Lipinski definition) is 3. The first-order chi connectivity index (χ1) is 33.0. The average Bonchev–Trinajstić information content (AvgIpc) is 3.95. The van der Waals surface area contributed by atoms with Crippen LogP contribution in [0.4, 0.5) is 0 Å². The first-order valence-corrected chi connectivity index (χ1v) is 32.0. The van der Waals surface area contributed by atoms with Gasteiger partial charge >= 0.3 is 137 Å². The number of para-hydroxylation sites is 2. The van der Waals surface area contributed by atoms with Gasteiger partial charge in [0, 0.05) is 31.2 Å². The Kier molecular flexibility index (Phi) is 14.4. The molecule has 3 heterocycles. The summed E-state index contributed by atoms with van der Waals surface area (Å²) >= 11 is -1.89. The molecule has 7 aromatic carbocycles. The van der Waals surface area contributed by atoms with Gasteiger partial charge in [0.15, 0.2) is 0 Å². The third kappa shape index (κ3) is 9.84. The summed E-state index contributed by atoms with van der Waals surface area (Å²) in [7, 11) is 0. The Morgan fingerprint density at radius 3 is 1.93 bits per heavy atom. The molecule has 1 aliphatic rings. The molecular weight excluding hydrogens is 1080 g/mol. The summed E-state index contributed by atoms with van der Waals surface area (Å²) in [6.45, 7) is 9.14. The maximum Gasteiger partial charge on any atom is 0 e. The zero-order valence-electron chi connectivity index (χ0n) is 40.9. The Hall–Kier alpha value is -5.85. The average molecular weight is 1140 g/mol. The molecule has 0 amide bonds. The summed E-state index contributed by atoms with van der Waals surface area (Å²) in [5, 5.41) is 2.15. The van der Waals surface area contributed by atoms with E-state index in [1.165, 1.54) is 65.6 Å². The van der Waals surface area contributed by atoms with Crippen molar-refractivity contribution in [2.75, 3.05) is 0 Å². The van der Waals surface area contributed by atoms with Gasteiger partial charge in [-0.3, -0.25) is 4.98 Å². The summed E-state index contributed by atoms with van der Waals surface area (Å²) in [6.07, 6.45) is 9.08. The molecule has 0 atom stereocenters. The minimum Gasteiger partial charge on any atom is 0 e. The van der Waals surface area contributed by atoms with Gasteiger partial charge in [-0.05, 0) is 75.5 Å². The summed E-state index contributed by atoms with van der Waals surface area (Å²) < 4.78 is 10.7. The van der Waals surface area contributed by atoms with Gasteiger partial charge in [-0.2, -0.15) is 0 Å². The maximum atomic E-state index is 6.73. The number of benzene rings is 7. The van der Waals surface area contributed by atoms with Gasteiger partial charge in [0.1, 0.15) is 5.58 Å². The second-order valence-electron chi connectivity index (χ2n) is 20.2. The number of fused-ring (bicyclic) bond motifs is 4. The molecule has 0 spiro atoms. The van der Waals surface area contributed by atoms with Crippen molar-refractivity contribution in [1.29, 1.82) is 0 Å². The van der Waals surface area contributed by atoms with Crippen molar-refractivity contribution in [2.45, 2.75) is 94.8 Å². The third-order valence-electron chi connectivity index (χ3n) is 13.8. The normalized spacial score (nSPS) is 13.2. The number of hydrogen-bond donors (Lipinski definition) is 0. The van der Waals surface area contributed by atoms with Crippen LogP contribution in [0.3, 0.4) is 0 Å². The van der Waals surface area contributed by atoms with E-state index >= 15 is 0 Å². The molecule has 4 nitrogen and oxygen atoms in total. The molecule has 349 valence electrons. The van der Waals surface area contributed by atoms with Crippen LogP contribution >= 0.6 is 0 Å². The van der Waals surface area contributed by atoms with Crippen LogP contribution in [-0.2, 0) is 20.1 Å². The molecule has 1 fully saturated rings. The Morgan fingerprint density at radius 2 is 1.28 bits per heavy atom. The van der Waals surface area contributed by atoms with Crippen molar-refractivity contribution >= 4 is 50.6 Å². The van der Waals surface area contributed by atoms with E-state index < -0.39 is 13.3 Å². The summed E-state index contributed by atoms with van der Waals surface area (Å²) in [5.74, 6) is 9.61. The van der Waals surface area contributed by atoms with E-state index in [0.29, 0.717) is 0 Å². The van der Waals surface area contributed by atoms with Gasteiger partial charge in [0.05, 0.1) is 22.4 Å². The van der Waals surface area contributed by atoms with E-state index in [1.807, 2.05) is 24.3 Å². The van der Waals surface area contributed by atoms with Crippen molar-refractivity contribution in [3.8, 4) is 50.6 Å². The number of imidazole rings is 1. The monoisotopic (exact) mass is 1140 g/mol. The molecule has 0 saturated heterocycles. The van der Waals surface area contributed by atoms with E-state index in [2.05, 4.69) is 201 Å². The second kappa shape index (κ2) is 20.6. The van der Waals surface area contributed by atoms with Gasteiger partial charge in [-0.1, -0.05) is 124 Å². The molecule has 0 unspecified atom stereocenters. The molecule has 0 N–H and O–H groups in total. The van der Waals surface area contributed by atoms with Crippen LogP contribution in [0.5, 0.6) is 0 Å². The van der Waals surface area contributed by atoms with Crippen molar-refractivity contribution < 1.29 is 24.5 Å². The predicted octanol–water partition coefficient (Wildman–Crippen LogP) is 17.1. The van der Waals surface area contributed by atoms with E-state index in [-0.39, 0.29) is 31.9 Å². The van der Waals surface area contributed by atoms with Crippen molar-refractivity contribution in [2.24, 2.45) is 0 Å². The molecule has 3 aromatic heterocycles. The second-order valence-corrected chi connectivity index (χ2v) is 30.8. The zero-order valence-corrected chi connectivity index (χ0v) is 45.4. The number of pyridine rings is 1. The van der Waals surface area contributed by atoms with Gasteiger partial charge in [0.25, 0.3) is 0 Å². The number of furan rings is 1. The molecule has 6 heteroatoms. The summed E-state index contributed by atoms with van der Waals surface area (Å²) in [6, 6.07) is 62.4. The van der Waals surface area contributed by atoms with Crippen LogP contribution in [0.2, 0.25) is 17.3 Å². The van der Waals surface area contributed by atoms with Crippen molar-refractivity contribution in [3.05, 3.63) is 193 Å². The van der Waals surface area contributed by atoms with Gasteiger partial charge < -0.3 is 8.98 Å². The summed E-state index contributed by atoms with van der Waals surface area (Å²) in [5.41, 5.74) is 16.9. The molecule has 10 aromatic rings. The molecule has 1 saturated carbocycles. The largest absolute Gasteiger partial charge is 0 e. The Labute approximate surface area is 425 Å². The van der Waals surface area contributed by atoms with Crippen LogP contribution in [0.25, 0.3) is 83.6 Å². The first kappa shape index (κ1) is 48.2. The van der Waals surface area contributed by atoms with Crippen molar-refractivity contribution in [3.63, 3.8) is 0 Å². The Morgan fingerprint density at radius 1 is 0.623 bits per heavy atom. The fourth-order valence-electron chi connectivity index (χ4n) is 10.3. The quantitative estimate of drug-likeness (QED) is 0.107. The number of rotatable bonds is 9. The van der Waals surface area contributed by atoms with E-state index in [0.717, 1.165) is 67.1 Å². The third-order valence-corrected chi connectivity index (χ3v) is 18.1.